The molecule has 1 rings (SSSR count). The van der Waals surface area contributed by atoms with E-state index in [1.807, 2.05) is 20.8 Å². The fraction of sp³-hybridized carbons (Fsp3) is 0.462. The number of benzene rings is 1. The van der Waals surface area contributed by atoms with Gasteiger partial charge >= 0.3 is 5.97 Å². The molecule has 1 aromatic rings. The molecule has 0 bridgehead atoms. The molecule has 4 heteroatoms. The van der Waals surface area contributed by atoms with E-state index in [4.69, 9.17) is 4.74 Å². The van der Waals surface area contributed by atoms with Crippen LogP contribution in [0.2, 0.25) is 0 Å². The molecular formula is C13H18BrNO2. The Morgan fingerprint density at radius 2 is 1.94 bits per heavy atom. The topological polar surface area (TPSA) is 38.3 Å². The van der Waals surface area contributed by atoms with E-state index >= 15 is 0 Å². The maximum Gasteiger partial charge on any atom is 0.307 e. The summed E-state index contributed by atoms with van der Waals surface area (Å²) in [6, 6.07) is 4.12. The van der Waals surface area contributed by atoms with Crippen molar-refractivity contribution in [1.29, 1.82) is 0 Å². The Morgan fingerprint density at radius 3 is 2.47 bits per heavy atom. The maximum absolute atomic E-state index is 11.2. The number of carbonyl (C=O) groups excluding carboxylic acids is 1. The van der Waals surface area contributed by atoms with Crippen LogP contribution in [0.5, 0.6) is 0 Å². The van der Waals surface area contributed by atoms with Gasteiger partial charge in [0.05, 0.1) is 13.0 Å². The zero-order chi connectivity index (χ0) is 12.8. The largest absolute Gasteiger partial charge is 0.466 e. The Kier molecular flexibility index (Phi) is 5.48. The van der Waals surface area contributed by atoms with Crippen LogP contribution in [0.15, 0.2) is 16.6 Å². The summed E-state index contributed by atoms with van der Waals surface area (Å²) in [6.45, 7) is 6.95. The molecular weight excluding hydrogens is 282 g/mol. The van der Waals surface area contributed by atoms with Crippen LogP contribution in [-0.2, 0) is 9.53 Å². The predicted molar refractivity (Wildman–Crippen MR) is 73.4 cm³/mol. The number of anilines is 1. The fourth-order valence-electron chi connectivity index (χ4n) is 1.59. The SMILES string of the molecule is CCOC(=O)CCNc1cc(C)c(Br)c(C)c1. The lowest BCUT2D eigenvalue weighted by molar-refractivity contribution is -0.142. The minimum Gasteiger partial charge on any atom is -0.466 e. The van der Waals surface area contributed by atoms with Crippen LogP contribution in [0.1, 0.15) is 24.5 Å². The van der Waals surface area contributed by atoms with Crippen LogP contribution in [0.4, 0.5) is 5.69 Å². The molecule has 0 aliphatic heterocycles. The Bertz CT molecular complexity index is 381. The first kappa shape index (κ1) is 14.0. The summed E-state index contributed by atoms with van der Waals surface area (Å²) in [6.07, 6.45) is 0.391. The first-order valence-electron chi connectivity index (χ1n) is 5.70. The van der Waals surface area contributed by atoms with Crippen LogP contribution in [0, 0.1) is 13.8 Å². The van der Waals surface area contributed by atoms with Crippen molar-refractivity contribution < 1.29 is 9.53 Å². The molecule has 0 heterocycles. The average Bonchev–Trinajstić information content (AvgIpc) is 2.26. The number of rotatable bonds is 5. The summed E-state index contributed by atoms with van der Waals surface area (Å²) in [5, 5.41) is 3.22. The van der Waals surface area contributed by atoms with Gasteiger partial charge in [-0.3, -0.25) is 4.79 Å². The predicted octanol–water partition coefficient (Wildman–Crippen LogP) is 3.43. The van der Waals surface area contributed by atoms with Gasteiger partial charge in [-0.05, 0) is 44.0 Å². The van der Waals surface area contributed by atoms with Gasteiger partial charge in [-0.25, -0.2) is 0 Å². The van der Waals surface area contributed by atoms with Crippen molar-refractivity contribution in [3.8, 4) is 0 Å². The molecule has 0 aliphatic carbocycles. The Hall–Kier alpha value is -1.03. The van der Waals surface area contributed by atoms with Gasteiger partial charge in [-0.2, -0.15) is 0 Å². The van der Waals surface area contributed by atoms with Crippen molar-refractivity contribution in [2.75, 3.05) is 18.5 Å². The Labute approximate surface area is 111 Å². The Balaban J connectivity index is 2.50. The lowest BCUT2D eigenvalue weighted by atomic mass is 10.1. The number of ether oxygens (including phenoxy) is 1. The number of hydrogen-bond donors (Lipinski definition) is 1. The van der Waals surface area contributed by atoms with Crippen molar-refractivity contribution in [2.45, 2.75) is 27.2 Å². The summed E-state index contributed by atoms with van der Waals surface area (Å²) in [5.41, 5.74) is 3.40. The van der Waals surface area contributed by atoms with E-state index in [2.05, 4.69) is 33.4 Å². The summed E-state index contributed by atoms with van der Waals surface area (Å²) < 4.78 is 5.99. The van der Waals surface area contributed by atoms with Crippen molar-refractivity contribution in [1.82, 2.24) is 0 Å². The first-order chi connectivity index (χ1) is 8.04. The highest BCUT2D eigenvalue weighted by molar-refractivity contribution is 9.10. The van der Waals surface area contributed by atoms with Gasteiger partial charge in [0.2, 0.25) is 0 Å². The van der Waals surface area contributed by atoms with Gasteiger partial charge < -0.3 is 10.1 Å². The molecule has 0 unspecified atom stereocenters. The minimum absolute atomic E-state index is 0.162. The number of hydrogen-bond acceptors (Lipinski definition) is 3. The molecule has 1 aromatic carbocycles. The molecule has 0 aliphatic rings. The number of esters is 1. The molecule has 0 radical (unpaired) electrons. The monoisotopic (exact) mass is 299 g/mol. The van der Waals surface area contributed by atoms with Gasteiger partial charge in [-0.15, -0.1) is 0 Å². The molecule has 0 atom stereocenters. The van der Waals surface area contributed by atoms with E-state index in [1.165, 1.54) is 11.1 Å². The van der Waals surface area contributed by atoms with Crippen molar-refractivity contribution in [3.05, 3.63) is 27.7 Å². The van der Waals surface area contributed by atoms with Gasteiger partial charge in [0.1, 0.15) is 0 Å². The summed E-state index contributed by atoms with van der Waals surface area (Å²) >= 11 is 3.52. The van der Waals surface area contributed by atoms with E-state index in [-0.39, 0.29) is 5.97 Å². The van der Waals surface area contributed by atoms with E-state index in [0.29, 0.717) is 19.6 Å². The molecule has 0 spiro atoms. The second kappa shape index (κ2) is 6.64. The molecule has 3 nitrogen and oxygen atoms in total. The molecule has 1 N–H and O–H groups in total. The van der Waals surface area contributed by atoms with E-state index in [1.54, 1.807) is 0 Å². The lowest BCUT2D eigenvalue weighted by Gasteiger charge is -2.10. The van der Waals surface area contributed by atoms with E-state index in [9.17, 15) is 4.79 Å². The van der Waals surface area contributed by atoms with Gasteiger partial charge in [-0.1, -0.05) is 15.9 Å². The number of aryl methyl sites for hydroxylation is 2. The third-order valence-electron chi connectivity index (χ3n) is 2.40. The van der Waals surface area contributed by atoms with Crippen LogP contribution in [-0.4, -0.2) is 19.1 Å². The molecule has 0 fully saturated rings. The quantitative estimate of drug-likeness (QED) is 0.847. The van der Waals surface area contributed by atoms with Crippen LogP contribution < -0.4 is 5.32 Å². The van der Waals surface area contributed by atoms with Crippen molar-refractivity contribution >= 4 is 27.6 Å². The summed E-state index contributed by atoms with van der Waals surface area (Å²) in [4.78, 5) is 11.2. The van der Waals surface area contributed by atoms with Crippen LogP contribution >= 0.6 is 15.9 Å². The highest BCUT2D eigenvalue weighted by Gasteiger charge is 2.04. The highest BCUT2D eigenvalue weighted by atomic mass is 79.9. The second-order valence-corrected chi connectivity index (χ2v) is 4.70. The molecule has 0 saturated carbocycles. The lowest BCUT2D eigenvalue weighted by Crippen LogP contribution is -2.11. The second-order valence-electron chi connectivity index (χ2n) is 3.91. The minimum atomic E-state index is -0.162. The van der Waals surface area contributed by atoms with Gasteiger partial charge in [0, 0.05) is 16.7 Å². The number of halogens is 1. The van der Waals surface area contributed by atoms with Crippen molar-refractivity contribution in [3.63, 3.8) is 0 Å². The number of carbonyl (C=O) groups is 1. The van der Waals surface area contributed by atoms with Crippen molar-refractivity contribution in [2.24, 2.45) is 0 Å². The van der Waals surface area contributed by atoms with Crippen LogP contribution in [0.25, 0.3) is 0 Å². The summed E-state index contributed by atoms with van der Waals surface area (Å²) in [5.74, 6) is -0.162. The molecule has 94 valence electrons. The smallest absolute Gasteiger partial charge is 0.307 e. The van der Waals surface area contributed by atoms with Gasteiger partial charge in [0.25, 0.3) is 0 Å². The van der Waals surface area contributed by atoms with E-state index < -0.39 is 0 Å². The third kappa shape index (κ3) is 4.38. The van der Waals surface area contributed by atoms with Crippen LogP contribution in [0.3, 0.4) is 0 Å². The molecule has 0 aromatic heterocycles. The number of nitrogens with one attached hydrogen (secondary N) is 1. The van der Waals surface area contributed by atoms with E-state index in [0.717, 1.165) is 10.2 Å². The van der Waals surface area contributed by atoms with Gasteiger partial charge in [0.15, 0.2) is 0 Å². The Morgan fingerprint density at radius 1 is 1.35 bits per heavy atom. The molecule has 0 saturated heterocycles. The maximum atomic E-state index is 11.2. The fourth-order valence-corrected chi connectivity index (χ4v) is 1.82. The third-order valence-corrected chi connectivity index (χ3v) is 3.65. The normalized spacial score (nSPS) is 10.1. The standard InChI is InChI=1S/C13H18BrNO2/c1-4-17-12(16)5-6-15-11-7-9(2)13(14)10(3)8-11/h7-8,15H,4-6H2,1-3H3. The zero-order valence-electron chi connectivity index (χ0n) is 10.5. The molecule has 17 heavy (non-hydrogen) atoms. The molecule has 0 amide bonds. The summed E-state index contributed by atoms with van der Waals surface area (Å²) in [7, 11) is 0. The highest BCUT2D eigenvalue weighted by Crippen LogP contribution is 2.24. The zero-order valence-corrected chi connectivity index (χ0v) is 12.1. The first-order valence-corrected chi connectivity index (χ1v) is 6.50. The average molecular weight is 300 g/mol.